The van der Waals surface area contributed by atoms with Gasteiger partial charge in [-0.3, -0.25) is 0 Å². The minimum Gasteiger partial charge on any atom is -0.216 e. The van der Waals surface area contributed by atoms with E-state index in [2.05, 4.69) is 47.6 Å². The molecule has 0 fully saturated rings. The van der Waals surface area contributed by atoms with E-state index in [1.807, 2.05) is 30.3 Å². The van der Waals surface area contributed by atoms with Crippen LogP contribution in [0.5, 0.6) is 0 Å². The maximum atomic E-state index is 9.25. The van der Waals surface area contributed by atoms with Crippen LogP contribution < -0.4 is 0 Å². The Kier molecular flexibility index (Phi) is 3.97. The zero-order chi connectivity index (χ0) is 15.4. The van der Waals surface area contributed by atoms with Gasteiger partial charge in [-0.05, 0) is 37.5 Å². The molecule has 0 saturated carbocycles. The first kappa shape index (κ1) is 14.0. The molecule has 0 unspecified atom stereocenters. The maximum absolute atomic E-state index is 9.25. The van der Waals surface area contributed by atoms with Crippen LogP contribution in [-0.2, 0) is 12.8 Å². The lowest BCUT2D eigenvalue weighted by Gasteiger charge is -2.07. The van der Waals surface area contributed by atoms with E-state index in [9.17, 15) is 5.26 Å². The minimum absolute atomic E-state index is 0.399. The van der Waals surface area contributed by atoms with E-state index in [0.717, 1.165) is 24.2 Å². The molecule has 1 aromatic heterocycles. The van der Waals surface area contributed by atoms with E-state index in [1.165, 1.54) is 11.1 Å². The Labute approximate surface area is 129 Å². The van der Waals surface area contributed by atoms with E-state index >= 15 is 0 Å². The summed E-state index contributed by atoms with van der Waals surface area (Å²) in [6.45, 7) is 2.08. The second kappa shape index (κ2) is 6.23. The van der Waals surface area contributed by atoms with Gasteiger partial charge in [0, 0.05) is 0 Å². The Morgan fingerprint density at radius 1 is 1.00 bits per heavy atom. The molecule has 4 nitrogen and oxygen atoms in total. The number of nitrogens with zero attached hydrogens (tertiary/aromatic N) is 4. The van der Waals surface area contributed by atoms with Crippen molar-refractivity contribution in [2.75, 3.05) is 0 Å². The van der Waals surface area contributed by atoms with E-state index in [1.54, 1.807) is 4.68 Å². The van der Waals surface area contributed by atoms with Crippen molar-refractivity contribution in [3.8, 4) is 11.8 Å². The number of hydrogen-bond donors (Lipinski definition) is 0. The Bertz CT molecular complexity index is 795. The molecule has 0 N–H and O–H groups in total. The van der Waals surface area contributed by atoms with Crippen LogP contribution in [0.25, 0.3) is 5.69 Å². The predicted octanol–water partition coefficient (Wildman–Crippen LogP) is 3.23. The molecule has 0 aliphatic heterocycles. The van der Waals surface area contributed by atoms with E-state index < -0.39 is 0 Å². The van der Waals surface area contributed by atoms with Gasteiger partial charge in [-0.1, -0.05) is 53.2 Å². The summed E-state index contributed by atoms with van der Waals surface area (Å²) >= 11 is 0. The largest absolute Gasteiger partial charge is 0.216 e. The molecule has 0 radical (unpaired) electrons. The Hall–Kier alpha value is -2.93. The molecule has 0 aliphatic rings. The highest BCUT2D eigenvalue weighted by molar-refractivity contribution is 5.36. The zero-order valence-corrected chi connectivity index (χ0v) is 12.4. The van der Waals surface area contributed by atoms with E-state index in [0.29, 0.717) is 5.69 Å². The monoisotopic (exact) mass is 288 g/mol. The smallest absolute Gasteiger partial charge is 0.186 e. The summed E-state index contributed by atoms with van der Waals surface area (Å²) in [5.41, 5.74) is 4.67. The molecule has 0 aliphatic carbocycles. The molecular formula is C18H16N4. The molecule has 4 heteroatoms. The molecule has 0 spiro atoms. The standard InChI is InChI=1S/C18H16N4/c1-14-7-9-15(10-8-14)11-12-18-17(13-19)20-21-22(18)16-5-3-2-4-6-16/h2-10H,11-12H2,1H3. The van der Waals surface area contributed by atoms with Gasteiger partial charge >= 0.3 is 0 Å². The zero-order valence-electron chi connectivity index (χ0n) is 12.4. The average Bonchev–Trinajstić information content (AvgIpc) is 2.98. The summed E-state index contributed by atoms with van der Waals surface area (Å²) in [6, 6.07) is 20.4. The van der Waals surface area contributed by atoms with Crippen molar-refractivity contribution >= 4 is 0 Å². The van der Waals surface area contributed by atoms with Crippen LogP contribution in [0, 0.1) is 18.3 Å². The average molecular weight is 288 g/mol. The van der Waals surface area contributed by atoms with Crippen molar-refractivity contribution in [1.82, 2.24) is 15.0 Å². The van der Waals surface area contributed by atoms with Crippen molar-refractivity contribution in [3.05, 3.63) is 77.1 Å². The second-order valence-corrected chi connectivity index (χ2v) is 5.23. The number of nitriles is 1. The molecule has 108 valence electrons. The molecular weight excluding hydrogens is 272 g/mol. The molecule has 0 bridgehead atoms. The van der Waals surface area contributed by atoms with Crippen molar-refractivity contribution in [2.45, 2.75) is 19.8 Å². The van der Waals surface area contributed by atoms with Gasteiger partial charge in [0.05, 0.1) is 11.4 Å². The Morgan fingerprint density at radius 2 is 1.73 bits per heavy atom. The van der Waals surface area contributed by atoms with Crippen molar-refractivity contribution in [2.24, 2.45) is 0 Å². The first-order chi connectivity index (χ1) is 10.8. The minimum atomic E-state index is 0.399. The lowest BCUT2D eigenvalue weighted by atomic mass is 10.1. The fourth-order valence-electron chi connectivity index (χ4n) is 2.41. The van der Waals surface area contributed by atoms with Gasteiger partial charge in [0.1, 0.15) is 6.07 Å². The van der Waals surface area contributed by atoms with Crippen LogP contribution in [0.15, 0.2) is 54.6 Å². The highest BCUT2D eigenvalue weighted by Crippen LogP contribution is 2.15. The summed E-state index contributed by atoms with van der Waals surface area (Å²) in [7, 11) is 0. The number of para-hydroxylation sites is 1. The molecule has 0 amide bonds. The Balaban J connectivity index is 1.88. The topological polar surface area (TPSA) is 54.5 Å². The van der Waals surface area contributed by atoms with Gasteiger partial charge in [0.25, 0.3) is 0 Å². The fourth-order valence-corrected chi connectivity index (χ4v) is 2.41. The number of hydrogen-bond acceptors (Lipinski definition) is 3. The van der Waals surface area contributed by atoms with Crippen LogP contribution in [0.3, 0.4) is 0 Å². The second-order valence-electron chi connectivity index (χ2n) is 5.23. The SMILES string of the molecule is Cc1ccc(CCc2c(C#N)nnn2-c2ccccc2)cc1. The summed E-state index contributed by atoms with van der Waals surface area (Å²) < 4.78 is 1.76. The fraction of sp³-hybridized carbons (Fsp3) is 0.167. The lowest BCUT2D eigenvalue weighted by Crippen LogP contribution is -2.04. The van der Waals surface area contributed by atoms with Gasteiger partial charge in [-0.2, -0.15) is 5.26 Å². The molecule has 22 heavy (non-hydrogen) atoms. The van der Waals surface area contributed by atoms with Crippen LogP contribution in [0.4, 0.5) is 0 Å². The van der Waals surface area contributed by atoms with Crippen LogP contribution in [-0.4, -0.2) is 15.0 Å². The van der Waals surface area contributed by atoms with Crippen LogP contribution in [0.1, 0.15) is 22.5 Å². The third kappa shape index (κ3) is 2.89. The van der Waals surface area contributed by atoms with Gasteiger partial charge in [0.2, 0.25) is 0 Å². The third-order valence-corrected chi connectivity index (χ3v) is 3.64. The van der Waals surface area contributed by atoms with E-state index in [4.69, 9.17) is 0 Å². The predicted molar refractivity (Wildman–Crippen MR) is 84.7 cm³/mol. The number of benzene rings is 2. The number of rotatable bonds is 4. The van der Waals surface area contributed by atoms with Crippen molar-refractivity contribution in [3.63, 3.8) is 0 Å². The van der Waals surface area contributed by atoms with Crippen molar-refractivity contribution in [1.29, 1.82) is 5.26 Å². The summed E-state index contributed by atoms with van der Waals surface area (Å²) in [6.07, 6.45) is 1.59. The van der Waals surface area contributed by atoms with Gasteiger partial charge < -0.3 is 0 Å². The first-order valence-corrected chi connectivity index (χ1v) is 7.23. The van der Waals surface area contributed by atoms with Gasteiger partial charge in [-0.15, -0.1) is 5.10 Å². The third-order valence-electron chi connectivity index (χ3n) is 3.64. The normalized spacial score (nSPS) is 10.4. The van der Waals surface area contributed by atoms with Crippen LogP contribution in [0.2, 0.25) is 0 Å². The summed E-state index contributed by atoms with van der Waals surface area (Å²) in [5, 5.41) is 17.4. The number of aromatic nitrogens is 3. The number of aryl methyl sites for hydroxylation is 2. The molecule has 0 saturated heterocycles. The maximum Gasteiger partial charge on any atom is 0.186 e. The quantitative estimate of drug-likeness (QED) is 0.740. The molecule has 2 aromatic carbocycles. The van der Waals surface area contributed by atoms with Gasteiger partial charge in [0.15, 0.2) is 5.69 Å². The Morgan fingerprint density at radius 3 is 2.41 bits per heavy atom. The van der Waals surface area contributed by atoms with Crippen molar-refractivity contribution < 1.29 is 0 Å². The highest BCUT2D eigenvalue weighted by Gasteiger charge is 2.13. The molecule has 1 heterocycles. The van der Waals surface area contributed by atoms with E-state index in [-0.39, 0.29) is 0 Å². The van der Waals surface area contributed by atoms with Gasteiger partial charge in [-0.25, -0.2) is 4.68 Å². The highest BCUT2D eigenvalue weighted by atomic mass is 15.4. The molecule has 3 aromatic rings. The van der Waals surface area contributed by atoms with Crippen LogP contribution >= 0.6 is 0 Å². The summed E-state index contributed by atoms with van der Waals surface area (Å²) in [4.78, 5) is 0. The molecule has 3 rings (SSSR count). The molecule has 0 atom stereocenters. The first-order valence-electron chi connectivity index (χ1n) is 7.23. The lowest BCUT2D eigenvalue weighted by molar-refractivity contribution is 0.752. The summed E-state index contributed by atoms with van der Waals surface area (Å²) in [5.74, 6) is 0.